The molecule has 0 bridgehead atoms. The molecule has 0 aliphatic heterocycles. The lowest BCUT2D eigenvalue weighted by atomic mass is 10.1. The molecular formula is C12H7ClF2O2. The summed E-state index contributed by atoms with van der Waals surface area (Å²) in [6.45, 7) is -2.88. The number of hydrogen-bond acceptors (Lipinski definition) is 2. The zero-order valence-electron chi connectivity index (χ0n) is 8.49. The van der Waals surface area contributed by atoms with Gasteiger partial charge in [-0.3, -0.25) is 4.79 Å². The Morgan fingerprint density at radius 2 is 2.00 bits per heavy atom. The zero-order valence-corrected chi connectivity index (χ0v) is 9.25. The third-order valence-corrected chi connectivity index (χ3v) is 2.50. The van der Waals surface area contributed by atoms with Gasteiger partial charge in [0, 0.05) is 10.9 Å². The first kappa shape index (κ1) is 11.8. The Hall–Kier alpha value is -1.68. The minimum atomic E-state index is -2.88. The van der Waals surface area contributed by atoms with Crippen LogP contribution in [0.3, 0.4) is 0 Å². The van der Waals surface area contributed by atoms with Gasteiger partial charge < -0.3 is 4.74 Å². The lowest BCUT2D eigenvalue weighted by Gasteiger charge is -2.08. The maximum atomic E-state index is 12.2. The molecule has 88 valence electrons. The summed E-state index contributed by atoms with van der Waals surface area (Å²) in [7, 11) is 0. The van der Waals surface area contributed by atoms with E-state index < -0.39 is 11.9 Å². The average Bonchev–Trinajstić information content (AvgIpc) is 2.28. The van der Waals surface area contributed by atoms with E-state index in [2.05, 4.69) is 4.74 Å². The highest BCUT2D eigenvalue weighted by atomic mass is 35.5. The second-order valence-electron chi connectivity index (χ2n) is 3.34. The van der Waals surface area contributed by atoms with Gasteiger partial charge in [0.25, 0.3) is 5.24 Å². The van der Waals surface area contributed by atoms with E-state index in [9.17, 15) is 13.6 Å². The number of ether oxygens (including phenoxy) is 1. The molecule has 0 fully saturated rings. The molecule has 0 spiro atoms. The minimum absolute atomic E-state index is 0.0751. The van der Waals surface area contributed by atoms with E-state index in [0.717, 1.165) is 0 Å². The Balaban J connectivity index is 2.54. The van der Waals surface area contributed by atoms with E-state index in [-0.39, 0.29) is 5.75 Å². The van der Waals surface area contributed by atoms with E-state index in [1.165, 1.54) is 24.3 Å². The number of benzene rings is 2. The first-order valence-corrected chi connectivity index (χ1v) is 5.13. The highest BCUT2D eigenvalue weighted by molar-refractivity contribution is 6.67. The Kier molecular flexibility index (Phi) is 3.24. The fourth-order valence-electron chi connectivity index (χ4n) is 1.57. The molecule has 0 radical (unpaired) electrons. The van der Waals surface area contributed by atoms with Crippen molar-refractivity contribution in [3.8, 4) is 5.75 Å². The Morgan fingerprint density at radius 1 is 1.24 bits per heavy atom. The van der Waals surface area contributed by atoms with E-state index >= 15 is 0 Å². The molecule has 0 atom stereocenters. The Morgan fingerprint density at radius 3 is 2.65 bits per heavy atom. The van der Waals surface area contributed by atoms with E-state index in [1.54, 1.807) is 12.1 Å². The van der Waals surface area contributed by atoms with Gasteiger partial charge in [-0.15, -0.1) is 0 Å². The van der Waals surface area contributed by atoms with Crippen LogP contribution in [-0.4, -0.2) is 11.9 Å². The molecule has 0 saturated carbocycles. The van der Waals surface area contributed by atoms with Gasteiger partial charge in [0.1, 0.15) is 5.75 Å². The maximum absolute atomic E-state index is 12.2. The van der Waals surface area contributed by atoms with Gasteiger partial charge in [-0.05, 0) is 41.3 Å². The third-order valence-electron chi connectivity index (χ3n) is 2.28. The summed E-state index contributed by atoms with van der Waals surface area (Å²) in [5, 5.41) is 0.538. The molecule has 0 saturated heterocycles. The van der Waals surface area contributed by atoms with Gasteiger partial charge in [-0.25, -0.2) is 0 Å². The molecule has 0 aromatic heterocycles. The van der Waals surface area contributed by atoms with Crippen LogP contribution in [0.4, 0.5) is 8.78 Å². The summed E-state index contributed by atoms with van der Waals surface area (Å²) in [6.07, 6.45) is 0. The smallest absolute Gasteiger partial charge is 0.387 e. The topological polar surface area (TPSA) is 26.3 Å². The van der Waals surface area contributed by atoms with Crippen molar-refractivity contribution in [2.24, 2.45) is 0 Å². The van der Waals surface area contributed by atoms with Gasteiger partial charge in [-0.2, -0.15) is 8.78 Å². The molecule has 0 unspecified atom stereocenters. The van der Waals surface area contributed by atoms with Gasteiger partial charge in [0.15, 0.2) is 0 Å². The molecule has 2 nitrogen and oxygen atoms in total. The molecule has 0 amide bonds. The van der Waals surface area contributed by atoms with E-state index in [4.69, 9.17) is 11.6 Å². The fraction of sp³-hybridized carbons (Fsp3) is 0.0833. The molecule has 17 heavy (non-hydrogen) atoms. The number of rotatable bonds is 3. The lowest BCUT2D eigenvalue weighted by molar-refractivity contribution is -0.0487. The van der Waals surface area contributed by atoms with Crippen LogP contribution in [0, 0.1) is 0 Å². The average molecular weight is 257 g/mol. The summed E-state index contributed by atoms with van der Waals surface area (Å²) in [5.74, 6) is 0.0751. The quantitative estimate of drug-likeness (QED) is 0.781. The van der Waals surface area contributed by atoms with Gasteiger partial charge in [0.05, 0.1) is 0 Å². The van der Waals surface area contributed by atoms with Crippen molar-refractivity contribution < 1.29 is 18.3 Å². The summed E-state index contributed by atoms with van der Waals surface area (Å²) in [6, 6.07) is 9.23. The van der Waals surface area contributed by atoms with Crippen LogP contribution in [0.1, 0.15) is 10.4 Å². The molecule has 0 N–H and O–H groups in total. The van der Waals surface area contributed by atoms with Crippen molar-refractivity contribution in [2.45, 2.75) is 6.61 Å². The van der Waals surface area contributed by atoms with Crippen LogP contribution in [0.2, 0.25) is 0 Å². The second kappa shape index (κ2) is 4.67. The van der Waals surface area contributed by atoms with Crippen molar-refractivity contribution in [3.63, 3.8) is 0 Å². The summed E-state index contributed by atoms with van der Waals surface area (Å²) in [4.78, 5) is 11.0. The number of fused-ring (bicyclic) bond motifs is 1. The minimum Gasteiger partial charge on any atom is -0.434 e. The van der Waals surface area contributed by atoms with Crippen LogP contribution >= 0.6 is 11.6 Å². The van der Waals surface area contributed by atoms with Crippen LogP contribution in [-0.2, 0) is 0 Å². The van der Waals surface area contributed by atoms with E-state index in [0.29, 0.717) is 16.3 Å². The predicted molar refractivity (Wildman–Crippen MR) is 60.8 cm³/mol. The molecule has 0 aliphatic carbocycles. The number of hydrogen-bond donors (Lipinski definition) is 0. The van der Waals surface area contributed by atoms with Gasteiger partial charge in [-0.1, -0.05) is 12.1 Å². The zero-order chi connectivity index (χ0) is 12.4. The Bertz CT molecular complexity index is 569. The van der Waals surface area contributed by atoms with Crippen molar-refractivity contribution in [1.82, 2.24) is 0 Å². The second-order valence-corrected chi connectivity index (χ2v) is 3.69. The highest BCUT2D eigenvalue weighted by Crippen LogP contribution is 2.28. The number of alkyl halides is 2. The van der Waals surface area contributed by atoms with Crippen LogP contribution < -0.4 is 4.74 Å². The number of carbonyl (C=O) groups is 1. The third kappa shape index (κ3) is 2.53. The SMILES string of the molecule is O=C(Cl)c1ccc2c(OC(F)F)cccc2c1. The lowest BCUT2D eigenvalue weighted by Crippen LogP contribution is -2.02. The maximum Gasteiger partial charge on any atom is 0.387 e. The fourth-order valence-corrected chi connectivity index (χ4v) is 1.69. The number of halogens is 3. The molecule has 0 heterocycles. The molecule has 5 heteroatoms. The summed E-state index contributed by atoms with van der Waals surface area (Å²) < 4.78 is 28.7. The van der Waals surface area contributed by atoms with E-state index in [1.807, 2.05) is 0 Å². The molecule has 2 rings (SSSR count). The van der Waals surface area contributed by atoms with Gasteiger partial charge >= 0.3 is 6.61 Å². The molecular weight excluding hydrogens is 250 g/mol. The molecule has 0 aliphatic rings. The standard InChI is InChI=1S/C12H7ClF2O2/c13-11(16)8-4-5-9-7(6-8)2-1-3-10(9)17-12(14)15/h1-6,12H. The number of carbonyl (C=O) groups excluding carboxylic acids is 1. The first-order chi connectivity index (χ1) is 8.08. The summed E-state index contributed by atoms with van der Waals surface area (Å²) >= 11 is 5.34. The Labute approximate surface area is 101 Å². The van der Waals surface area contributed by atoms with Crippen molar-refractivity contribution in [1.29, 1.82) is 0 Å². The predicted octanol–water partition coefficient (Wildman–Crippen LogP) is 3.82. The summed E-state index contributed by atoms with van der Waals surface area (Å²) in [5.41, 5.74) is 0.313. The van der Waals surface area contributed by atoms with Crippen LogP contribution in [0.15, 0.2) is 36.4 Å². The molecule has 2 aromatic rings. The monoisotopic (exact) mass is 256 g/mol. The van der Waals surface area contributed by atoms with Crippen LogP contribution in [0.5, 0.6) is 5.75 Å². The van der Waals surface area contributed by atoms with Crippen molar-refractivity contribution in [2.75, 3.05) is 0 Å². The van der Waals surface area contributed by atoms with Crippen molar-refractivity contribution >= 4 is 27.6 Å². The normalized spacial score (nSPS) is 10.8. The van der Waals surface area contributed by atoms with Gasteiger partial charge in [0.2, 0.25) is 0 Å². The largest absolute Gasteiger partial charge is 0.434 e. The first-order valence-electron chi connectivity index (χ1n) is 4.75. The highest BCUT2D eigenvalue weighted by Gasteiger charge is 2.09. The van der Waals surface area contributed by atoms with Crippen molar-refractivity contribution in [3.05, 3.63) is 42.0 Å². The molecule has 2 aromatic carbocycles. The van der Waals surface area contributed by atoms with Crippen LogP contribution in [0.25, 0.3) is 10.8 Å².